The Morgan fingerprint density at radius 3 is 2.65 bits per heavy atom. The number of piperazine rings is 1. The van der Waals surface area contributed by atoms with Crippen molar-refractivity contribution in [1.82, 2.24) is 9.80 Å². The SMILES string of the molecule is CSCC[C@H](N)C(=O)N1CCN(Cc2ccc(Cl)cc2)C(=O)C1. The zero-order valence-corrected chi connectivity index (χ0v) is 14.8. The van der Waals surface area contributed by atoms with Crippen LogP contribution in [-0.2, 0) is 16.1 Å². The Labute approximate surface area is 146 Å². The van der Waals surface area contributed by atoms with Crippen LogP contribution >= 0.6 is 23.4 Å². The number of benzene rings is 1. The first kappa shape index (κ1) is 18.1. The minimum atomic E-state index is -0.516. The summed E-state index contributed by atoms with van der Waals surface area (Å²) in [6.45, 7) is 1.71. The van der Waals surface area contributed by atoms with Gasteiger partial charge in [-0.05, 0) is 36.1 Å². The summed E-state index contributed by atoms with van der Waals surface area (Å²) in [5.41, 5.74) is 6.94. The normalized spacial score (nSPS) is 16.6. The molecule has 5 nitrogen and oxygen atoms in total. The average molecular weight is 356 g/mol. The average Bonchev–Trinajstić information content (AvgIpc) is 2.55. The van der Waals surface area contributed by atoms with Crippen molar-refractivity contribution in [3.63, 3.8) is 0 Å². The molecule has 23 heavy (non-hydrogen) atoms. The Morgan fingerprint density at radius 1 is 1.35 bits per heavy atom. The number of thioether (sulfide) groups is 1. The molecule has 1 aliphatic heterocycles. The number of rotatable bonds is 6. The third-order valence-corrected chi connectivity index (χ3v) is 4.76. The van der Waals surface area contributed by atoms with E-state index in [-0.39, 0.29) is 18.4 Å². The molecule has 0 spiro atoms. The summed E-state index contributed by atoms with van der Waals surface area (Å²) in [6, 6.07) is 6.92. The Balaban J connectivity index is 1.88. The molecule has 1 aliphatic rings. The fourth-order valence-corrected chi connectivity index (χ4v) is 3.09. The molecule has 0 unspecified atom stereocenters. The second kappa shape index (κ2) is 8.57. The number of amides is 2. The lowest BCUT2D eigenvalue weighted by atomic mass is 10.1. The van der Waals surface area contributed by atoms with Crippen LogP contribution in [0.4, 0.5) is 0 Å². The van der Waals surface area contributed by atoms with Crippen molar-refractivity contribution in [1.29, 1.82) is 0 Å². The molecule has 1 heterocycles. The predicted molar refractivity (Wildman–Crippen MR) is 94.4 cm³/mol. The highest BCUT2D eigenvalue weighted by molar-refractivity contribution is 7.98. The molecule has 126 valence electrons. The minimum absolute atomic E-state index is 0.0448. The Kier molecular flexibility index (Phi) is 6.74. The highest BCUT2D eigenvalue weighted by Crippen LogP contribution is 2.14. The van der Waals surface area contributed by atoms with Crippen molar-refractivity contribution in [3.05, 3.63) is 34.9 Å². The van der Waals surface area contributed by atoms with Gasteiger partial charge in [0.05, 0.1) is 12.6 Å². The van der Waals surface area contributed by atoms with Crippen molar-refractivity contribution in [2.45, 2.75) is 19.0 Å². The Morgan fingerprint density at radius 2 is 2.04 bits per heavy atom. The number of halogens is 1. The van der Waals surface area contributed by atoms with Gasteiger partial charge in [-0.15, -0.1) is 0 Å². The van der Waals surface area contributed by atoms with Crippen molar-refractivity contribution in [2.75, 3.05) is 31.6 Å². The first-order valence-electron chi connectivity index (χ1n) is 7.57. The van der Waals surface area contributed by atoms with Crippen LogP contribution < -0.4 is 5.73 Å². The van der Waals surface area contributed by atoms with Crippen molar-refractivity contribution < 1.29 is 9.59 Å². The summed E-state index contributed by atoms with van der Waals surface area (Å²) in [4.78, 5) is 27.9. The maximum absolute atomic E-state index is 12.3. The first-order valence-corrected chi connectivity index (χ1v) is 9.34. The second-order valence-corrected chi connectivity index (χ2v) is 7.01. The lowest BCUT2D eigenvalue weighted by Gasteiger charge is -2.35. The molecule has 2 amide bonds. The van der Waals surface area contributed by atoms with E-state index < -0.39 is 6.04 Å². The summed E-state index contributed by atoms with van der Waals surface area (Å²) in [7, 11) is 0. The molecule has 0 saturated carbocycles. The number of carbonyl (C=O) groups excluding carboxylic acids is 2. The summed E-state index contributed by atoms with van der Waals surface area (Å²) >= 11 is 7.53. The minimum Gasteiger partial charge on any atom is -0.335 e. The third-order valence-electron chi connectivity index (χ3n) is 3.87. The molecule has 1 fully saturated rings. The van der Waals surface area contributed by atoms with E-state index in [1.807, 2.05) is 30.5 Å². The summed E-state index contributed by atoms with van der Waals surface area (Å²) in [5, 5.41) is 0.676. The number of hydrogen-bond acceptors (Lipinski definition) is 4. The van der Waals surface area contributed by atoms with E-state index >= 15 is 0 Å². The molecular weight excluding hydrogens is 334 g/mol. The largest absolute Gasteiger partial charge is 0.335 e. The Bertz CT molecular complexity index is 553. The molecular formula is C16H22ClN3O2S. The molecule has 1 aromatic carbocycles. The monoisotopic (exact) mass is 355 g/mol. The van der Waals surface area contributed by atoms with Gasteiger partial charge in [-0.1, -0.05) is 23.7 Å². The lowest BCUT2D eigenvalue weighted by Crippen LogP contribution is -2.55. The predicted octanol–water partition coefficient (Wildman–Crippen LogP) is 1.59. The zero-order valence-electron chi connectivity index (χ0n) is 13.2. The summed E-state index contributed by atoms with van der Waals surface area (Å²) in [6.07, 6.45) is 2.62. The fraction of sp³-hybridized carbons (Fsp3) is 0.500. The lowest BCUT2D eigenvalue weighted by molar-refractivity contribution is -0.146. The molecule has 0 bridgehead atoms. The van der Waals surface area contributed by atoms with Crippen molar-refractivity contribution in [2.24, 2.45) is 5.73 Å². The fourth-order valence-electron chi connectivity index (χ4n) is 2.48. The van der Waals surface area contributed by atoms with E-state index in [0.29, 0.717) is 31.1 Å². The molecule has 1 saturated heterocycles. The van der Waals surface area contributed by atoms with E-state index in [9.17, 15) is 9.59 Å². The topological polar surface area (TPSA) is 66.6 Å². The summed E-state index contributed by atoms with van der Waals surface area (Å²) < 4.78 is 0. The number of hydrogen-bond donors (Lipinski definition) is 1. The summed E-state index contributed by atoms with van der Waals surface area (Å²) in [5.74, 6) is 0.673. The highest BCUT2D eigenvalue weighted by Gasteiger charge is 2.29. The van der Waals surface area contributed by atoms with Gasteiger partial charge in [0.25, 0.3) is 0 Å². The van der Waals surface area contributed by atoms with Crippen LogP contribution in [0.5, 0.6) is 0 Å². The van der Waals surface area contributed by atoms with E-state index in [1.165, 1.54) is 0 Å². The molecule has 0 aliphatic carbocycles. The number of nitrogens with two attached hydrogens (primary N) is 1. The van der Waals surface area contributed by atoms with Gasteiger partial charge in [0.2, 0.25) is 11.8 Å². The number of nitrogens with zero attached hydrogens (tertiary/aromatic N) is 2. The molecule has 2 N–H and O–H groups in total. The van der Waals surface area contributed by atoms with Gasteiger partial charge >= 0.3 is 0 Å². The maximum atomic E-state index is 12.3. The van der Waals surface area contributed by atoms with Crippen LogP contribution in [0.25, 0.3) is 0 Å². The van der Waals surface area contributed by atoms with E-state index in [1.54, 1.807) is 21.6 Å². The van der Waals surface area contributed by atoms with Gasteiger partial charge in [0.15, 0.2) is 0 Å². The van der Waals surface area contributed by atoms with Crippen LogP contribution in [0.3, 0.4) is 0 Å². The molecule has 0 radical (unpaired) electrons. The van der Waals surface area contributed by atoms with Crippen LogP contribution in [0.15, 0.2) is 24.3 Å². The van der Waals surface area contributed by atoms with Crippen molar-refractivity contribution in [3.8, 4) is 0 Å². The van der Waals surface area contributed by atoms with Gasteiger partial charge < -0.3 is 15.5 Å². The second-order valence-electron chi connectivity index (χ2n) is 5.59. The Hall–Kier alpha value is -1.24. The third kappa shape index (κ3) is 5.12. The molecule has 1 atom stereocenters. The highest BCUT2D eigenvalue weighted by atomic mass is 35.5. The molecule has 7 heteroatoms. The van der Waals surface area contributed by atoms with E-state index in [2.05, 4.69) is 0 Å². The van der Waals surface area contributed by atoms with Crippen LogP contribution in [0, 0.1) is 0 Å². The molecule has 0 aromatic heterocycles. The smallest absolute Gasteiger partial charge is 0.242 e. The van der Waals surface area contributed by atoms with Gasteiger partial charge in [-0.2, -0.15) is 11.8 Å². The van der Waals surface area contributed by atoms with Gasteiger partial charge in [-0.25, -0.2) is 0 Å². The standard InChI is InChI=1S/C16H22ClN3O2S/c1-23-9-6-14(18)16(22)20-8-7-19(15(21)11-20)10-12-2-4-13(17)5-3-12/h2-5,14H,6-11,18H2,1H3/t14-/m0/s1. The van der Waals surface area contributed by atoms with Crippen LogP contribution in [0.2, 0.25) is 5.02 Å². The van der Waals surface area contributed by atoms with E-state index in [0.717, 1.165) is 11.3 Å². The van der Waals surface area contributed by atoms with Crippen molar-refractivity contribution >= 4 is 35.2 Å². The molecule has 1 aromatic rings. The first-order chi connectivity index (χ1) is 11.0. The number of carbonyl (C=O) groups is 2. The molecule has 2 rings (SSSR count). The van der Waals surface area contributed by atoms with Crippen LogP contribution in [0.1, 0.15) is 12.0 Å². The quantitative estimate of drug-likeness (QED) is 0.841. The van der Waals surface area contributed by atoms with Gasteiger partial charge in [0.1, 0.15) is 0 Å². The zero-order chi connectivity index (χ0) is 16.8. The van der Waals surface area contributed by atoms with Crippen LogP contribution in [-0.4, -0.2) is 59.3 Å². The maximum Gasteiger partial charge on any atom is 0.242 e. The van der Waals surface area contributed by atoms with Gasteiger partial charge in [0, 0.05) is 24.7 Å². The van der Waals surface area contributed by atoms with E-state index in [4.69, 9.17) is 17.3 Å². The van der Waals surface area contributed by atoms with Gasteiger partial charge in [-0.3, -0.25) is 9.59 Å².